The van der Waals surface area contributed by atoms with Gasteiger partial charge < -0.3 is 4.90 Å². The summed E-state index contributed by atoms with van der Waals surface area (Å²) < 4.78 is 0. The number of hydrogen-bond acceptors (Lipinski definition) is 1. The molecule has 25 heavy (non-hydrogen) atoms. The van der Waals surface area contributed by atoms with Gasteiger partial charge in [0.05, 0.1) is 0 Å². The van der Waals surface area contributed by atoms with Crippen molar-refractivity contribution in [3.63, 3.8) is 0 Å². The van der Waals surface area contributed by atoms with E-state index in [9.17, 15) is 0 Å². The van der Waals surface area contributed by atoms with Crippen LogP contribution in [0.5, 0.6) is 0 Å². The van der Waals surface area contributed by atoms with Crippen LogP contribution in [-0.4, -0.2) is 13.1 Å². The Kier molecular flexibility index (Phi) is 3.05. The van der Waals surface area contributed by atoms with Crippen LogP contribution in [0.3, 0.4) is 0 Å². The van der Waals surface area contributed by atoms with Crippen LogP contribution in [0.2, 0.25) is 0 Å². The Hall–Kier alpha value is -2.02. The van der Waals surface area contributed by atoms with Gasteiger partial charge >= 0.3 is 0 Å². The first-order valence-corrected chi connectivity index (χ1v) is 9.73. The quantitative estimate of drug-likeness (QED) is 0.442. The molecule has 0 saturated carbocycles. The normalized spacial score (nSPS) is 28.0. The lowest BCUT2D eigenvalue weighted by Crippen LogP contribution is -2.26. The van der Waals surface area contributed by atoms with Gasteiger partial charge in [-0.3, -0.25) is 0 Å². The summed E-state index contributed by atoms with van der Waals surface area (Å²) in [6, 6.07) is 14.2. The molecule has 0 bridgehead atoms. The van der Waals surface area contributed by atoms with Crippen molar-refractivity contribution < 1.29 is 0 Å². The van der Waals surface area contributed by atoms with E-state index in [4.69, 9.17) is 0 Å². The fraction of sp³-hybridized carbons (Fsp3) is 0.417. The topological polar surface area (TPSA) is 3.24 Å². The summed E-state index contributed by atoms with van der Waals surface area (Å²) >= 11 is 0. The van der Waals surface area contributed by atoms with Crippen molar-refractivity contribution in [2.45, 2.75) is 52.0 Å². The molecule has 0 fully saturated rings. The molecule has 0 N–H and O–H groups in total. The lowest BCUT2D eigenvalue weighted by atomic mass is 9.85. The number of anilines is 1. The van der Waals surface area contributed by atoms with E-state index in [1.165, 1.54) is 28.0 Å². The van der Waals surface area contributed by atoms with E-state index in [1.54, 1.807) is 22.4 Å². The number of nitrogens with zero attached hydrogens (tertiary/aromatic N) is 1. The van der Waals surface area contributed by atoms with Gasteiger partial charge in [0.15, 0.2) is 0 Å². The number of fused-ring (bicyclic) bond motifs is 8. The molecular formula is C24H27N. The zero-order chi connectivity index (χ0) is 17.5. The summed E-state index contributed by atoms with van der Waals surface area (Å²) in [4.78, 5) is 2.56. The molecule has 0 radical (unpaired) electrons. The third-order valence-corrected chi connectivity index (χ3v) is 7.33. The highest BCUT2D eigenvalue weighted by atomic mass is 15.2. The first-order valence-electron chi connectivity index (χ1n) is 9.73. The third kappa shape index (κ3) is 1.79. The smallest absolute Gasteiger partial charge is 0.0446 e. The van der Waals surface area contributed by atoms with Crippen LogP contribution in [0, 0.1) is 5.92 Å². The molecule has 1 heterocycles. The maximum atomic E-state index is 2.56. The Morgan fingerprint density at radius 2 is 1.60 bits per heavy atom. The summed E-state index contributed by atoms with van der Waals surface area (Å²) in [6.45, 7) is 9.66. The van der Waals surface area contributed by atoms with Crippen molar-refractivity contribution in [2.24, 2.45) is 5.92 Å². The van der Waals surface area contributed by atoms with Crippen molar-refractivity contribution in [1.82, 2.24) is 0 Å². The molecule has 0 spiro atoms. The minimum atomic E-state index is 0.569. The standard InChI is InChI=1S/C24H27N/c1-13-12-20-21(14(13)2)24-22(15(3)16(4)25(24)5)19-11-10-17-8-6-7-9-18(17)23(19)20/h6-11,13-16H,12H2,1-5H3/t13-,14-,15-,16+/m1/s1. The summed E-state index contributed by atoms with van der Waals surface area (Å²) in [5, 5.41) is 5.85. The second kappa shape index (κ2) is 5.00. The van der Waals surface area contributed by atoms with Crippen LogP contribution in [-0.2, 0) is 6.42 Å². The lowest BCUT2D eigenvalue weighted by Gasteiger charge is -2.25. The van der Waals surface area contributed by atoms with Crippen molar-refractivity contribution in [2.75, 3.05) is 11.9 Å². The Morgan fingerprint density at radius 3 is 2.40 bits per heavy atom. The van der Waals surface area contributed by atoms with E-state index >= 15 is 0 Å². The molecular weight excluding hydrogens is 302 g/mol. The molecule has 4 atom stereocenters. The van der Waals surface area contributed by atoms with E-state index in [1.807, 2.05) is 0 Å². The molecule has 0 saturated heterocycles. The fourth-order valence-corrected chi connectivity index (χ4v) is 5.48. The number of likely N-dealkylation sites (N-methyl/N-ethyl adjacent to an activating group) is 1. The summed E-state index contributed by atoms with van der Waals surface area (Å²) in [6.07, 6.45) is 1.21. The van der Waals surface area contributed by atoms with E-state index in [0.29, 0.717) is 17.9 Å². The maximum Gasteiger partial charge on any atom is 0.0446 e. The largest absolute Gasteiger partial charge is 0.371 e. The van der Waals surface area contributed by atoms with E-state index in [0.717, 1.165) is 5.92 Å². The van der Waals surface area contributed by atoms with Crippen molar-refractivity contribution in [1.29, 1.82) is 0 Å². The van der Waals surface area contributed by atoms with Gasteiger partial charge in [-0.05, 0) is 63.4 Å². The molecule has 2 aliphatic rings. The van der Waals surface area contributed by atoms with Gasteiger partial charge in [-0.25, -0.2) is 0 Å². The number of rotatable bonds is 0. The number of hydrogen-bond donors (Lipinski definition) is 0. The van der Waals surface area contributed by atoms with E-state index in [-0.39, 0.29) is 0 Å². The molecule has 3 aromatic rings. The first-order chi connectivity index (χ1) is 12.0. The predicted molar refractivity (Wildman–Crippen MR) is 109 cm³/mol. The monoisotopic (exact) mass is 329 g/mol. The van der Waals surface area contributed by atoms with Crippen molar-refractivity contribution >= 4 is 27.2 Å². The first kappa shape index (κ1) is 15.3. The zero-order valence-corrected chi connectivity index (χ0v) is 15.9. The number of benzene rings is 3. The molecule has 1 nitrogen and oxygen atoms in total. The van der Waals surface area contributed by atoms with Gasteiger partial charge in [-0.2, -0.15) is 0 Å². The molecule has 1 aliphatic carbocycles. The fourth-order valence-electron chi connectivity index (χ4n) is 5.48. The highest BCUT2D eigenvalue weighted by molar-refractivity contribution is 6.13. The molecule has 5 rings (SSSR count). The molecule has 0 amide bonds. The van der Waals surface area contributed by atoms with Crippen LogP contribution < -0.4 is 4.90 Å². The molecule has 1 heteroatoms. The van der Waals surface area contributed by atoms with E-state index in [2.05, 4.69) is 76.0 Å². The van der Waals surface area contributed by atoms with Gasteiger partial charge in [0.2, 0.25) is 0 Å². The van der Waals surface area contributed by atoms with Gasteiger partial charge in [-0.1, -0.05) is 57.2 Å². The Labute approximate surface area is 150 Å². The van der Waals surface area contributed by atoms with Crippen LogP contribution in [0.1, 0.15) is 56.2 Å². The van der Waals surface area contributed by atoms with E-state index < -0.39 is 0 Å². The highest BCUT2D eigenvalue weighted by Gasteiger charge is 2.40. The molecule has 0 unspecified atom stereocenters. The van der Waals surface area contributed by atoms with Crippen LogP contribution in [0.15, 0.2) is 36.4 Å². The molecule has 1 aliphatic heterocycles. The van der Waals surface area contributed by atoms with Gasteiger partial charge in [-0.15, -0.1) is 0 Å². The Bertz CT molecular complexity index is 1020. The Morgan fingerprint density at radius 1 is 0.840 bits per heavy atom. The van der Waals surface area contributed by atoms with Gasteiger partial charge in [0, 0.05) is 24.7 Å². The SMILES string of the molecule is C[C@@H]1Cc2c(c3c(c4ccc5ccccc5c24)[C@H](C)[C@H](C)N3C)[C@@H]1C. The van der Waals surface area contributed by atoms with Crippen LogP contribution in [0.4, 0.5) is 5.69 Å². The molecule has 0 aromatic heterocycles. The molecule has 3 aromatic carbocycles. The average molecular weight is 329 g/mol. The Balaban J connectivity index is 2.03. The van der Waals surface area contributed by atoms with Crippen LogP contribution >= 0.6 is 0 Å². The minimum absolute atomic E-state index is 0.569. The van der Waals surface area contributed by atoms with Crippen molar-refractivity contribution in [3.05, 3.63) is 53.1 Å². The third-order valence-electron chi connectivity index (χ3n) is 7.33. The average Bonchev–Trinajstić information content (AvgIpc) is 3.04. The molecule has 128 valence electrons. The van der Waals surface area contributed by atoms with Crippen LogP contribution in [0.25, 0.3) is 21.5 Å². The zero-order valence-electron chi connectivity index (χ0n) is 15.9. The predicted octanol–water partition coefficient (Wildman–Crippen LogP) is 6.23. The summed E-state index contributed by atoms with van der Waals surface area (Å²) in [5.41, 5.74) is 6.41. The maximum absolute atomic E-state index is 2.56. The minimum Gasteiger partial charge on any atom is -0.371 e. The second-order valence-electron chi connectivity index (χ2n) is 8.47. The van der Waals surface area contributed by atoms with Crippen molar-refractivity contribution in [3.8, 4) is 0 Å². The summed E-state index contributed by atoms with van der Waals surface area (Å²) in [5.74, 6) is 1.95. The van der Waals surface area contributed by atoms with Gasteiger partial charge in [0.25, 0.3) is 0 Å². The second-order valence-corrected chi connectivity index (χ2v) is 8.47. The summed E-state index contributed by atoms with van der Waals surface area (Å²) in [7, 11) is 2.30. The van der Waals surface area contributed by atoms with Gasteiger partial charge in [0.1, 0.15) is 0 Å². The highest BCUT2D eigenvalue weighted by Crippen LogP contribution is 2.55. The lowest BCUT2D eigenvalue weighted by molar-refractivity contribution is 0.532.